The number of unbranched alkanes of at least 4 members (excludes halogenated alkanes) is 11. The van der Waals surface area contributed by atoms with Gasteiger partial charge in [0.25, 0.3) is 5.56 Å². The Kier molecular flexibility index (Phi) is 16.2. The van der Waals surface area contributed by atoms with E-state index in [-0.39, 0.29) is 11.3 Å². The number of nitrogens with zero attached hydrogens (tertiary/aromatic N) is 3. The molecule has 0 saturated carbocycles. The number of nitrogens with one attached hydrogen (secondary N) is 1. The second kappa shape index (κ2) is 18.2. The van der Waals surface area contributed by atoms with Gasteiger partial charge < -0.3 is 10.1 Å². The van der Waals surface area contributed by atoms with E-state index in [1.54, 1.807) is 20.9 Å². The summed E-state index contributed by atoms with van der Waals surface area (Å²) in [7, 11) is 1.59. The first-order valence-electron chi connectivity index (χ1n) is 14.6. The highest BCUT2D eigenvalue weighted by Crippen LogP contribution is 2.25. The van der Waals surface area contributed by atoms with Crippen molar-refractivity contribution in [3.8, 4) is 0 Å². The van der Waals surface area contributed by atoms with Gasteiger partial charge >= 0.3 is 5.97 Å². The molecule has 0 amide bonds. The Labute approximate surface area is 224 Å². The van der Waals surface area contributed by atoms with Crippen LogP contribution < -0.4 is 10.9 Å². The number of carbonyl (C=O) groups excluding carboxylic acids is 2. The maximum Gasteiger partial charge on any atom is 0.331 e. The normalized spacial score (nSPS) is 12.5. The van der Waals surface area contributed by atoms with Crippen LogP contribution in [-0.2, 0) is 32.9 Å². The molecule has 8 nitrogen and oxygen atoms in total. The molecular formula is C29H52N4O4. The van der Waals surface area contributed by atoms with E-state index < -0.39 is 17.6 Å². The van der Waals surface area contributed by atoms with Crippen molar-refractivity contribution in [2.24, 2.45) is 0 Å². The number of carbonyl (C=O) groups is 2. The van der Waals surface area contributed by atoms with Crippen molar-refractivity contribution in [2.45, 2.75) is 149 Å². The summed E-state index contributed by atoms with van der Waals surface area (Å²) >= 11 is 0. The summed E-state index contributed by atoms with van der Waals surface area (Å²) in [5, 5.41) is 11.2. The van der Waals surface area contributed by atoms with Crippen molar-refractivity contribution in [1.82, 2.24) is 20.3 Å². The summed E-state index contributed by atoms with van der Waals surface area (Å²) in [5.41, 5.74) is -0.548. The third-order valence-electron chi connectivity index (χ3n) is 6.91. The van der Waals surface area contributed by atoms with Crippen molar-refractivity contribution in [3.05, 3.63) is 21.6 Å². The Morgan fingerprint density at radius 2 is 1.43 bits per heavy atom. The Balaban J connectivity index is 2.70. The van der Waals surface area contributed by atoms with Crippen LogP contribution in [0.15, 0.2) is 4.79 Å². The second-order valence-electron chi connectivity index (χ2n) is 10.6. The molecule has 0 radical (unpaired) electrons. The summed E-state index contributed by atoms with van der Waals surface area (Å²) < 4.78 is 7.17. The molecule has 0 aliphatic rings. The number of hydrogen-bond acceptors (Lipinski definition) is 7. The van der Waals surface area contributed by atoms with E-state index in [0.29, 0.717) is 30.6 Å². The molecule has 1 N–H and O–H groups in total. The SMILES string of the molecule is CCCCCCCCCCCC(=O)C(NC)C(=O)OC(C)(C)c1nnn(CCCCCC)c(=O)c1CC. The lowest BCUT2D eigenvalue weighted by Crippen LogP contribution is -2.46. The number of ketones is 1. The second-order valence-corrected chi connectivity index (χ2v) is 10.6. The highest BCUT2D eigenvalue weighted by molar-refractivity contribution is 6.03. The van der Waals surface area contributed by atoms with Crippen molar-refractivity contribution in [2.75, 3.05) is 7.05 Å². The zero-order valence-corrected chi connectivity index (χ0v) is 24.4. The lowest BCUT2D eigenvalue weighted by Gasteiger charge is -2.28. The first-order chi connectivity index (χ1) is 17.7. The van der Waals surface area contributed by atoms with Crippen LogP contribution in [0.5, 0.6) is 0 Å². The number of aromatic nitrogens is 3. The highest BCUT2D eigenvalue weighted by Gasteiger charge is 2.36. The van der Waals surface area contributed by atoms with Gasteiger partial charge in [0, 0.05) is 18.5 Å². The van der Waals surface area contributed by atoms with Crippen molar-refractivity contribution in [1.29, 1.82) is 0 Å². The van der Waals surface area contributed by atoms with E-state index in [0.717, 1.165) is 44.9 Å². The molecule has 1 rings (SSSR count). The minimum absolute atomic E-state index is 0.171. The summed E-state index contributed by atoms with van der Waals surface area (Å²) in [6, 6.07) is -1.04. The molecule has 0 aromatic carbocycles. The lowest BCUT2D eigenvalue weighted by atomic mass is 9.98. The van der Waals surface area contributed by atoms with E-state index in [4.69, 9.17) is 4.74 Å². The van der Waals surface area contributed by atoms with Crippen LogP contribution >= 0.6 is 0 Å². The predicted octanol–water partition coefficient (Wildman–Crippen LogP) is 5.64. The van der Waals surface area contributed by atoms with Gasteiger partial charge in [-0.15, -0.1) is 5.10 Å². The van der Waals surface area contributed by atoms with Crippen LogP contribution in [0.4, 0.5) is 0 Å². The number of aryl methyl sites for hydroxylation is 1. The third kappa shape index (κ3) is 11.5. The number of likely N-dealkylation sites (N-methyl/N-ethyl adjacent to an activating group) is 1. The quantitative estimate of drug-likeness (QED) is 0.127. The van der Waals surface area contributed by atoms with Crippen LogP contribution in [0.25, 0.3) is 0 Å². The number of ether oxygens (including phenoxy) is 1. The van der Waals surface area contributed by atoms with Gasteiger partial charge in [-0.1, -0.05) is 96.6 Å². The highest BCUT2D eigenvalue weighted by atomic mass is 16.6. The van der Waals surface area contributed by atoms with Gasteiger partial charge in [0.2, 0.25) is 0 Å². The van der Waals surface area contributed by atoms with Gasteiger partial charge in [-0.2, -0.15) is 0 Å². The number of esters is 1. The smallest absolute Gasteiger partial charge is 0.331 e. The predicted molar refractivity (Wildman–Crippen MR) is 149 cm³/mol. The first-order valence-corrected chi connectivity index (χ1v) is 14.6. The Morgan fingerprint density at radius 3 is 1.97 bits per heavy atom. The topological polar surface area (TPSA) is 103 Å². The Hall–Kier alpha value is -2.09. The molecule has 212 valence electrons. The summed E-state index contributed by atoms with van der Waals surface area (Å²) in [4.78, 5) is 38.8. The molecule has 1 aromatic heterocycles. The van der Waals surface area contributed by atoms with Crippen LogP contribution in [0.2, 0.25) is 0 Å². The molecular weight excluding hydrogens is 468 g/mol. The Bertz CT molecular complexity index is 866. The number of rotatable bonds is 21. The fourth-order valence-electron chi connectivity index (χ4n) is 4.62. The zero-order valence-electron chi connectivity index (χ0n) is 24.4. The average Bonchev–Trinajstić information content (AvgIpc) is 2.86. The van der Waals surface area contributed by atoms with Crippen molar-refractivity contribution in [3.63, 3.8) is 0 Å². The van der Waals surface area contributed by atoms with E-state index in [2.05, 4.69) is 29.5 Å². The molecule has 1 aromatic rings. The van der Waals surface area contributed by atoms with Gasteiger partial charge in [-0.05, 0) is 40.2 Å². The number of Topliss-reactive ketones (excluding diaryl/α,β-unsaturated/α-hetero) is 1. The molecule has 0 fully saturated rings. The molecule has 37 heavy (non-hydrogen) atoms. The third-order valence-corrected chi connectivity index (χ3v) is 6.91. The molecule has 0 aliphatic carbocycles. The summed E-state index contributed by atoms with van der Waals surface area (Å²) in [5.74, 6) is -0.823. The molecule has 1 unspecified atom stereocenters. The van der Waals surface area contributed by atoms with Gasteiger partial charge in [0.05, 0.1) is 0 Å². The largest absolute Gasteiger partial charge is 0.452 e. The molecule has 1 heterocycles. The number of hydrogen-bond donors (Lipinski definition) is 1. The van der Waals surface area contributed by atoms with Crippen LogP contribution in [-0.4, -0.2) is 39.8 Å². The minimum atomic E-state index is -1.19. The minimum Gasteiger partial charge on any atom is -0.452 e. The molecule has 0 spiro atoms. The fraction of sp³-hybridized carbons (Fsp3) is 0.828. The van der Waals surface area contributed by atoms with Gasteiger partial charge in [-0.25, -0.2) is 9.48 Å². The summed E-state index contributed by atoms with van der Waals surface area (Å²) in [6.07, 6.45) is 15.4. The maximum atomic E-state index is 13.0. The fourth-order valence-corrected chi connectivity index (χ4v) is 4.62. The molecule has 0 aliphatic heterocycles. The standard InChI is InChI=1S/C29H52N4O4/c1-7-10-12-14-15-16-17-18-19-21-24(34)25(30-6)28(36)37-29(4,5)26-23(9-3)27(35)33(32-31-26)22-20-13-11-8-2/h25,30H,7-22H2,1-6H3. The van der Waals surface area contributed by atoms with E-state index >= 15 is 0 Å². The molecule has 0 saturated heterocycles. The van der Waals surface area contributed by atoms with Crippen molar-refractivity contribution < 1.29 is 14.3 Å². The van der Waals surface area contributed by atoms with Gasteiger partial charge in [-0.3, -0.25) is 9.59 Å². The van der Waals surface area contributed by atoms with Gasteiger partial charge in [0.1, 0.15) is 5.69 Å². The summed E-state index contributed by atoms with van der Waals surface area (Å²) in [6.45, 7) is 10.1. The van der Waals surface area contributed by atoms with Crippen LogP contribution in [0.3, 0.4) is 0 Å². The Morgan fingerprint density at radius 1 is 0.892 bits per heavy atom. The lowest BCUT2D eigenvalue weighted by molar-refractivity contribution is -0.162. The maximum absolute atomic E-state index is 13.0. The zero-order chi connectivity index (χ0) is 27.7. The van der Waals surface area contributed by atoms with Crippen LogP contribution in [0.1, 0.15) is 136 Å². The van der Waals surface area contributed by atoms with Gasteiger partial charge in [0.15, 0.2) is 17.4 Å². The van der Waals surface area contributed by atoms with E-state index in [1.807, 2.05) is 6.92 Å². The molecule has 1 atom stereocenters. The molecule has 8 heteroatoms. The van der Waals surface area contributed by atoms with E-state index in [1.165, 1.54) is 43.2 Å². The van der Waals surface area contributed by atoms with Crippen LogP contribution in [0, 0.1) is 0 Å². The first kappa shape index (κ1) is 32.9. The monoisotopic (exact) mass is 520 g/mol. The van der Waals surface area contributed by atoms with E-state index in [9.17, 15) is 14.4 Å². The average molecular weight is 521 g/mol. The van der Waals surface area contributed by atoms with Crippen molar-refractivity contribution >= 4 is 11.8 Å². The molecule has 0 bridgehead atoms.